The lowest BCUT2D eigenvalue weighted by atomic mass is 10.3. The van der Waals surface area contributed by atoms with Gasteiger partial charge in [-0.05, 0) is 13.6 Å². The number of rotatable bonds is 2. The van der Waals surface area contributed by atoms with Gasteiger partial charge in [-0.25, -0.2) is 0 Å². The maximum Gasteiger partial charge on any atom is 0.132 e. The van der Waals surface area contributed by atoms with Crippen LogP contribution in [0.25, 0.3) is 0 Å². The molecule has 0 saturated heterocycles. The van der Waals surface area contributed by atoms with Crippen LogP contribution in [0.15, 0.2) is 27.3 Å². The summed E-state index contributed by atoms with van der Waals surface area (Å²) < 4.78 is 0. The minimum Gasteiger partial charge on any atom is -0.252 e. The molecule has 0 unspecified atom stereocenters. The van der Waals surface area contributed by atoms with Crippen molar-refractivity contribution in [1.82, 2.24) is 0 Å². The Labute approximate surface area is 64.7 Å². The average Bonchev–Trinajstić information content (AvgIpc) is 1.84. The van der Waals surface area contributed by atoms with E-state index >= 15 is 0 Å². The van der Waals surface area contributed by atoms with E-state index in [1.807, 2.05) is 0 Å². The number of hydrogen-bond donors (Lipinski definition) is 0. The van der Waals surface area contributed by atoms with Gasteiger partial charge in [0, 0.05) is 10.6 Å². The predicted octanol–water partition coefficient (Wildman–Crippen LogP) is 2.91. The topological polar surface area (TPSA) is 12.4 Å². The Bertz CT molecular complexity index is 170. The maximum atomic E-state index is 5.52. The molecule has 0 atom stereocenters. The van der Waals surface area contributed by atoms with Gasteiger partial charge in [0.1, 0.15) is 5.16 Å². The summed E-state index contributed by atoms with van der Waals surface area (Å²) in [7, 11) is 0. The summed E-state index contributed by atoms with van der Waals surface area (Å²) in [5.41, 5.74) is 0.660. The van der Waals surface area contributed by atoms with Gasteiger partial charge in [0.2, 0.25) is 0 Å². The van der Waals surface area contributed by atoms with Crippen molar-refractivity contribution in [2.45, 2.75) is 6.92 Å². The molecule has 0 aromatic heterocycles. The summed E-state index contributed by atoms with van der Waals surface area (Å²) in [4.78, 5) is 3.46. The van der Waals surface area contributed by atoms with Crippen molar-refractivity contribution in [3.8, 4) is 0 Å². The maximum absolute atomic E-state index is 5.52. The normalized spacial score (nSPS) is 12.3. The largest absolute Gasteiger partial charge is 0.252 e. The first-order chi connectivity index (χ1) is 4.09. The van der Waals surface area contributed by atoms with Crippen LogP contribution in [0, 0.1) is 0 Å². The summed E-state index contributed by atoms with van der Waals surface area (Å²) in [6.45, 7) is 8.41. The highest BCUT2D eigenvalue weighted by molar-refractivity contribution is 6.35. The molecule has 0 heterocycles. The van der Waals surface area contributed by atoms with Crippen LogP contribution in [0.3, 0.4) is 0 Å². The van der Waals surface area contributed by atoms with Crippen LogP contribution < -0.4 is 0 Å². The molecule has 0 saturated carbocycles. The molecule has 0 rings (SSSR count). The summed E-state index contributed by atoms with van der Waals surface area (Å²) in [6, 6.07) is 0. The van der Waals surface area contributed by atoms with E-state index in [1.165, 1.54) is 0 Å². The lowest BCUT2D eigenvalue weighted by Crippen LogP contribution is -1.75. The number of halogens is 2. The summed E-state index contributed by atoms with van der Waals surface area (Å²) in [5, 5.41) is 0.697. The molecule has 3 heteroatoms. The Morgan fingerprint density at radius 1 is 1.44 bits per heavy atom. The van der Waals surface area contributed by atoms with Crippen LogP contribution in [0.4, 0.5) is 0 Å². The quantitative estimate of drug-likeness (QED) is 0.338. The van der Waals surface area contributed by atoms with E-state index in [9.17, 15) is 0 Å². The highest BCUT2D eigenvalue weighted by Crippen LogP contribution is 2.18. The van der Waals surface area contributed by atoms with Crippen molar-refractivity contribution >= 4 is 29.9 Å². The molecule has 0 N–H and O–H groups in total. The highest BCUT2D eigenvalue weighted by Gasteiger charge is 1.96. The third kappa shape index (κ3) is 2.68. The lowest BCUT2D eigenvalue weighted by Gasteiger charge is -1.95. The van der Waals surface area contributed by atoms with Crippen molar-refractivity contribution in [1.29, 1.82) is 0 Å². The molecule has 0 spiro atoms. The van der Waals surface area contributed by atoms with Gasteiger partial charge in [-0.15, -0.1) is 0 Å². The summed E-state index contributed by atoms with van der Waals surface area (Å²) in [6.07, 6.45) is 0. The lowest BCUT2D eigenvalue weighted by molar-refractivity contribution is 1.39. The minimum atomic E-state index is 0.301. The first-order valence-corrected chi connectivity index (χ1v) is 3.03. The number of hydrogen-bond acceptors (Lipinski definition) is 1. The molecule has 0 fully saturated rings. The van der Waals surface area contributed by atoms with E-state index in [0.717, 1.165) is 0 Å². The van der Waals surface area contributed by atoms with E-state index < -0.39 is 0 Å². The van der Waals surface area contributed by atoms with Crippen LogP contribution >= 0.6 is 23.2 Å². The minimum absolute atomic E-state index is 0.301. The predicted molar refractivity (Wildman–Crippen MR) is 43.1 cm³/mol. The molecule has 0 bridgehead atoms. The Kier molecular flexibility index (Phi) is 3.59. The second-order valence-corrected chi connectivity index (χ2v) is 2.29. The highest BCUT2D eigenvalue weighted by atomic mass is 35.5. The SMILES string of the molecule is C=NC(Cl)=C(C)C(=C)Cl. The van der Waals surface area contributed by atoms with Crippen LogP contribution in [-0.4, -0.2) is 6.72 Å². The molecule has 0 aliphatic carbocycles. The van der Waals surface area contributed by atoms with E-state index in [2.05, 4.69) is 18.3 Å². The third-order valence-electron chi connectivity index (χ3n) is 0.855. The number of nitrogens with zero attached hydrogens (tertiary/aromatic N) is 1. The molecule has 0 aliphatic rings. The van der Waals surface area contributed by atoms with E-state index in [4.69, 9.17) is 23.2 Å². The zero-order valence-corrected chi connectivity index (χ0v) is 6.63. The molecule has 1 nitrogen and oxygen atoms in total. The van der Waals surface area contributed by atoms with Gasteiger partial charge in [-0.2, -0.15) is 0 Å². The fourth-order valence-corrected chi connectivity index (χ4v) is 0.482. The molecule has 0 aromatic rings. The Hall–Kier alpha value is -0.270. The average molecular weight is 164 g/mol. The smallest absolute Gasteiger partial charge is 0.132 e. The van der Waals surface area contributed by atoms with Gasteiger partial charge in [0.15, 0.2) is 0 Å². The molecular formula is C6H7Cl2N. The van der Waals surface area contributed by atoms with Gasteiger partial charge in [0.05, 0.1) is 0 Å². The first-order valence-electron chi connectivity index (χ1n) is 2.27. The monoisotopic (exact) mass is 163 g/mol. The van der Waals surface area contributed by atoms with Crippen molar-refractivity contribution < 1.29 is 0 Å². The second-order valence-electron chi connectivity index (χ2n) is 1.48. The Balaban J connectivity index is 4.47. The molecule has 0 radical (unpaired) electrons. The van der Waals surface area contributed by atoms with E-state index in [0.29, 0.717) is 15.8 Å². The zero-order chi connectivity index (χ0) is 7.44. The number of allylic oxidation sites excluding steroid dienone is 2. The third-order valence-corrected chi connectivity index (χ3v) is 1.54. The molecule has 0 aromatic carbocycles. The molecule has 9 heavy (non-hydrogen) atoms. The Morgan fingerprint density at radius 2 is 1.89 bits per heavy atom. The van der Waals surface area contributed by atoms with Gasteiger partial charge in [0.25, 0.3) is 0 Å². The molecule has 0 amide bonds. The van der Waals surface area contributed by atoms with Gasteiger partial charge in [-0.3, -0.25) is 4.99 Å². The summed E-state index contributed by atoms with van der Waals surface area (Å²) in [5.74, 6) is 0. The number of aliphatic imine (C=N–C) groups is 1. The molecule has 0 aliphatic heterocycles. The van der Waals surface area contributed by atoms with Crippen LogP contribution in [-0.2, 0) is 0 Å². The van der Waals surface area contributed by atoms with Gasteiger partial charge < -0.3 is 0 Å². The fourth-order valence-electron chi connectivity index (χ4n) is 0.231. The standard InChI is InChI=1S/C6H7Cl2N/c1-4(5(2)7)6(8)9-3/h2-3H2,1H3. The van der Waals surface area contributed by atoms with Crippen molar-refractivity contribution in [2.24, 2.45) is 4.99 Å². The van der Waals surface area contributed by atoms with Crippen molar-refractivity contribution in [3.63, 3.8) is 0 Å². The van der Waals surface area contributed by atoms with Crippen LogP contribution in [0.2, 0.25) is 0 Å². The van der Waals surface area contributed by atoms with Gasteiger partial charge in [-0.1, -0.05) is 29.8 Å². The van der Waals surface area contributed by atoms with Crippen LogP contribution in [0.5, 0.6) is 0 Å². The van der Waals surface area contributed by atoms with E-state index in [-0.39, 0.29) is 0 Å². The van der Waals surface area contributed by atoms with Gasteiger partial charge >= 0.3 is 0 Å². The zero-order valence-electron chi connectivity index (χ0n) is 5.12. The van der Waals surface area contributed by atoms with Crippen molar-refractivity contribution in [2.75, 3.05) is 0 Å². The first kappa shape index (κ1) is 8.73. The molecular weight excluding hydrogens is 157 g/mol. The fraction of sp³-hybridized carbons (Fsp3) is 0.167. The summed E-state index contributed by atoms with van der Waals surface area (Å²) >= 11 is 11.0. The van der Waals surface area contributed by atoms with Crippen molar-refractivity contribution in [3.05, 3.63) is 22.3 Å². The van der Waals surface area contributed by atoms with Crippen LogP contribution in [0.1, 0.15) is 6.92 Å². The van der Waals surface area contributed by atoms with E-state index in [1.54, 1.807) is 6.92 Å². The Morgan fingerprint density at radius 3 is 2.00 bits per heavy atom. The molecule has 50 valence electrons. The second kappa shape index (κ2) is 3.70.